The molecular formula is C54H34N4. The maximum Gasteiger partial charge on any atom is 0.0561 e. The number of hydrogen-bond donors (Lipinski definition) is 0. The quantitative estimate of drug-likeness (QED) is 0.171. The number of fused-ring (bicyclic) bond motifs is 12. The zero-order valence-corrected chi connectivity index (χ0v) is 31.4. The fourth-order valence-corrected chi connectivity index (χ4v) is 9.93. The van der Waals surface area contributed by atoms with E-state index in [4.69, 9.17) is 0 Å². The van der Waals surface area contributed by atoms with Gasteiger partial charge in [0.05, 0.1) is 44.1 Å². The van der Waals surface area contributed by atoms with E-state index >= 15 is 0 Å². The summed E-state index contributed by atoms with van der Waals surface area (Å²) in [6, 6.07) is 75.5. The minimum Gasteiger partial charge on any atom is -0.309 e. The van der Waals surface area contributed by atoms with E-state index in [0.29, 0.717) is 0 Å². The maximum atomic E-state index is 2.45. The first-order valence-electron chi connectivity index (χ1n) is 19.9. The standard InChI is InChI=1S/C54H34N4/c1-7-22-47-39(16-1)40-17-2-8-23-48(40)55(47)35-14-13-15-36(32-35)56-52-27-12-6-21-44(52)46-33-37(29-31-53(46)56)58-51-26-11-5-20-43(51)45-30-28-38(34-54(45)58)57-49-24-9-3-18-41(49)42-19-4-10-25-50(42)57/h1-34H. The Balaban J connectivity index is 1.03. The van der Waals surface area contributed by atoms with Gasteiger partial charge in [0, 0.05) is 65.8 Å². The smallest absolute Gasteiger partial charge is 0.0561 e. The molecule has 0 unspecified atom stereocenters. The van der Waals surface area contributed by atoms with Crippen molar-refractivity contribution in [1.82, 2.24) is 18.3 Å². The Kier molecular flexibility index (Phi) is 6.41. The minimum atomic E-state index is 1.13. The zero-order chi connectivity index (χ0) is 37.9. The molecule has 0 saturated carbocycles. The van der Waals surface area contributed by atoms with E-state index in [0.717, 1.165) is 22.7 Å². The zero-order valence-electron chi connectivity index (χ0n) is 31.4. The summed E-state index contributed by atoms with van der Waals surface area (Å²) in [6.07, 6.45) is 0. The number of hydrogen-bond acceptors (Lipinski definition) is 0. The predicted molar refractivity (Wildman–Crippen MR) is 244 cm³/mol. The van der Waals surface area contributed by atoms with Gasteiger partial charge in [0.15, 0.2) is 0 Å². The van der Waals surface area contributed by atoms with Crippen LogP contribution in [0.3, 0.4) is 0 Å². The fraction of sp³-hybridized carbons (Fsp3) is 0. The first kappa shape index (κ1) is 31.4. The number of aromatic nitrogens is 4. The van der Waals surface area contributed by atoms with Crippen LogP contribution >= 0.6 is 0 Å². The molecule has 0 spiro atoms. The third-order valence-corrected chi connectivity index (χ3v) is 12.3. The van der Waals surface area contributed by atoms with E-state index in [1.165, 1.54) is 87.2 Å². The lowest BCUT2D eigenvalue weighted by atomic mass is 10.1. The van der Waals surface area contributed by atoms with Gasteiger partial charge in [-0.25, -0.2) is 0 Å². The third kappa shape index (κ3) is 4.29. The van der Waals surface area contributed by atoms with Crippen LogP contribution in [0.15, 0.2) is 206 Å². The Bertz CT molecular complexity index is 3700. The van der Waals surface area contributed by atoms with Crippen molar-refractivity contribution in [1.29, 1.82) is 0 Å². The van der Waals surface area contributed by atoms with Gasteiger partial charge in [0.25, 0.3) is 0 Å². The van der Waals surface area contributed by atoms with Gasteiger partial charge < -0.3 is 18.3 Å². The molecule has 0 radical (unpaired) electrons. The largest absolute Gasteiger partial charge is 0.309 e. The van der Waals surface area contributed by atoms with Crippen LogP contribution in [-0.2, 0) is 0 Å². The molecule has 0 aliphatic rings. The summed E-state index contributed by atoms with van der Waals surface area (Å²) in [5.41, 5.74) is 14.1. The average molecular weight is 739 g/mol. The summed E-state index contributed by atoms with van der Waals surface area (Å²) in [6.45, 7) is 0. The first-order valence-corrected chi connectivity index (χ1v) is 19.9. The van der Waals surface area contributed by atoms with E-state index in [-0.39, 0.29) is 0 Å². The van der Waals surface area contributed by atoms with Crippen LogP contribution in [0.2, 0.25) is 0 Å². The lowest BCUT2D eigenvalue weighted by molar-refractivity contribution is 1.13. The molecule has 4 heteroatoms. The molecule has 0 atom stereocenters. The van der Waals surface area contributed by atoms with Gasteiger partial charge >= 0.3 is 0 Å². The SMILES string of the molecule is c1cc(-n2c3ccccc3c3ccccc32)cc(-n2c3ccccc3c3cc(-n4c5ccccc5c5ccc(-n6c7ccccc7c7ccccc76)cc54)ccc32)c1. The maximum absolute atomic E-state index is 2.45. The average Bonchev–Trinajstić information content (AvgIpc) is 4.01. The van der Waals surface area contributed by atoms with Gasteiger partial charge in [-0.05, 0) is 84.9 Å². The second-order valence-corrected chi connectivity index (χ2v) is 15.4. The van der Waals surface area contributed by atoms with Crippen LogP contribution in [0.5, 0.6) is 0 Å². The number of nitrogens with zero attached hydrogens (tertiary/aromatic N) is 4. The molecule has 13 aromatic rings. The highest BCUT2D eigenvalue weighted by Gasteiger charge is 2.19. The van der Waals surface area contributed by atoms with Crippen LogP contribution < -0.4 is 0 Å². The molecule has 0 N–H and O–H groups in total. The van der Waals surface area contributed by atoms with Crippen molar-refractivity contribution in [2.45, 2.75) is 0 Å². The molecule has 0 aliphatic heterocycles. The Morgan fingerprint density at radius 3 is 0.897 bits per heavy atom. The molecule has 4 nitrogen and oxygen atoms in total. The highest BCUT2D eigenvalue weighted by atomic mass is 15.0. The Morgan fingerprint density at radius 2 is 0.466 bits per heavy atom. The minimum absolute atomic E-state index is 1.13. The third-order valence-electron chi connectivity index (χ3n) is 12.3. The molecule has 0 aliphatic carbocycles. The molecule has 9 aromatic carbocycles. The van der Waals surface area contributed by atoms with Gasteiger partial charge in [-0.2, -0.15) is 0 Å². The molecule has 270 valence electrons. The van der Waals surface area contributed by atoms with Crippen LogP contribution in [0.1, 0.15) is 0 Å². The summed E-state index contributed by atoms with van der Waals surface area (Å²) in [5.74, 6) is 0. The Labute approximate surface area is 333 Å². The number of rotatable bonds is 4. The van der Waals surface area contributed by atoms with Crippen molar-refractivity contribution in [3.63, 3.8) is 0 Å². The molecule has 58 heavy (non-hydrogen) atoms. The molecule has 0 saturated heterocycles. The van der Waals surface area contributed by atoms with Crippen LogP contribution in [0.4, 0.5) is 0 Å². The number of benzene rings is 9. The van der Waals surface area contributed by atoms with Crippen LogP contribution in [-0.4, -0.2) is 18.3 Å². The Hall–Kier alpha value is -7.82. The monoisotopic (exact) mass is 738 g/mol. The lowest BCUT2D eigenvalue weighted by Gasteiger charge is -2.13. The summed E-state index contributed by atoms with van der Waals surface area (Å²) in [7, 11) is 0. The second kappa shape index (κ2) is 11.8. The first-order chi connectivity index (χ1) is 28.8. The molecule has 0 fully saturated rings. The fourth-order valence-electron chi connectivity index (χ4n) is 9.93. The molecule has 0 bridgehead atoms. The molecule has 4 aromatic heterocycles. The van der Waals surface area contributed by atoms with Crippen molar-refractivity contribution < 1.29 is 0 Å². The van der Waals surface area contributed by atoms with E-state index in [9.17, 15) is 0 Å². The van der Waals surface area contributed by atoms with Gasteiger partial charge in [-0.1, -0.05) is 121 Å². The van der Waals surface area contributed by atoms with Gasteiger partial charge in [-0.3, -0.25) is 0 Å². The lowest BCUT2D eigenvalue weighted by Crippen LogP contribution is -1.99. The highest BCUT2D eigenvalue weighted by Crippen LogP contribution is 2.40. The molecule has 0 amide bonds. The highest BCUT2D eigenvalue weighted by molar-refractivity contribution is 6.14. The predicted octanol–water partition coefficient (Wildman–Crippen LogP) is 14.1. The van der Waals surface area contributed by atoms with Gasteiger partial charge in [0.1, 0.15) is 0 Å². The van der Waals surface area contributed by atoms with Crippen molar-refractivity contribution in [2.75, 3.05) is 0 Å². The molecule has 4 heterocycles. The number of para-hydroxylation sites is 6. The van der Waals surface area contributed by atoms with Crippen LogP contribution in [0.25, 0.3) is 110 Å². The topological polar surface area (TPSA) is 19.7 Å². The molecular weight excluding hydrogens is 705 g/mol. The normalized spacial score (nSPS) is 12.1. The Morgan fingerprint density at radius 1 is 0.172 bits per heavy atom. The summed E-state index contributed by atoms with van der Waals surface area (Å²) in [5, 5.41) is 10.00. The second-order valence-electron chi connectivity index (χ2n) is 15.4. The van der Waals surface area contributed by atoms with E-state index in [1.807, 2.05) is 0 Å². The van der Waals surface area contributed by atoms with Crippen molar-refractivity contribution in [2.24, 2.45) is 0 Å². The van der Waals surface area contributed by atoms with Crippen molar-refractivity contribution in [3.8, 4) is 22.7 Å². The molecule has 13 rings (SSSR count). The summed E-state index contributed by atoms with van der Waals surface area (Å²) in [4.78, 5) is 0. The van der Waals surface area contributed by atoms with E-state index < -0.39 is 0 Å². The summed E-state index contributed by atoms with van der Waals surface area (Å²) >= 11 is 0. The van der Waals surface area contributed by atoms with Gasteiger partial charge in [-0.15, -0.1) is 0 Å². The summed E-state index contributed by atoms with van der Waals surface area (Å²) < 4.78 is 9.70. The van der Waals surface area contributed by atoms with Crippen molar-refractivity contribution in [3.05, 3.63) is 206 Å². The van der Waals surface area contributed by atoms with Gasteiger partial charge in [0.2, 0.25) is 0 Å². The van der Waals surface area contributed by atoms with E-state index in [2.05, 4.69) is 225 Å². The van der Waals surface area contributed by atoms with Crippen LogP contribution in [0, 0.1) is 0 Å². The van der Waals surface area contributed by atoms with E-state index in [1.54, 1.807) is 0 Å². The van der Waals surface area contributed by atoms with Crippen molar-refractivity contribution >= 4 is 87.2 Å².